The molecular weight excluding hydrogens is 121 g/mol. The van der Waals surface area contributed by atoms with Crippen LogP contribution in [0.25, 0.3) is 0 Å². The Morgan fingerprint density at radius 2 is 2.33 bits per heavy atom. The molecule has 0 radical (unpaired) electrons. The van der Waals surface area contributed by atoms with Crippen LogP contribution in [0.4, 0.5) is 0 Å². The van der Waals surface area contributed by atoms with Gasteiger partial charge in [0.15, 0.2) is 12.4 Å². The molecule has 2 N–H and O–H groups in total. The molecule has 0 aliphatic carbocycles. The zero-order valence-corrected chi connectivity index (χ0v) is 4.64. The first-order chi connectivity index (χ1) is 4.30. The van der Waals surface area contributed by atoms with Crippen LogP contribution in [0.5, 0.6) is 0 Å². The Morgan fingerprint density at radius 1 is 1.56 bits per heavy atom. The molecule has 48 valence electrons. The van der Waals surface area contributed by atoms with Gasteiger partial charge in [0.25, 0.3) is 0 Å². The van der Waals surface area contributed by atoms with Crippen LogP contribution in [-0.4, -0.2) is 29.6 Å². The van der Waals surface area contributed by atoms with Gasteiger partial charge in [-0.05, 0) is 6.08 Å². The average Bonchev–Trinajstić information content (AvgIpc) is 1.90. The Hall–Kier alpha value is -0.805. The van der Waals surface area contributed by atoms with Crippen molar-refractivity contribution in [1.29, 1.82) is 0 Å². The molecule has 0 aromatic rings. The van der Waals surface area contributed by atoms with Gasteiger partial charge in [-0.15, -0.1) is 0 Å². The van der Waals surface area contributed by atoms with Gasteiger partial charge in [-0.2, -0.15) is 0 Å². The highest BCUT2D eigenvalue weighted by Crippen LogP contribution is 1.98. The van der Waals surface area contributed by atoms with Gasteiger partial charge in [0.2, 0.25) is 0 Å². The highest BCUT2D eigenvalue weighted by atomic mass is 16.5. The fourth-order valence-electron chi connectivity index (χ4n) is 0.490. The maximum Gasteiger partial charge on any atom is 0.499 e. The largest absolute Gasteiger partial charge is 0.499 e. The van der Waals surface area contributed by atoms with Crippen LogP contribution < -0.4 is 0 Å². The molecule has 4 nitrogen and oxygen atoms in total. The quantitative estimate of drug-likeness (QED) is 0.441. The number of hydrogen-bond acceptors (Lipinski definition) is 4. The van der Waals surface area contributed by atoms with Crippen molar-refractivity contribution >= 4 is 13.5 Å². The Bertz CT molecular complexity index is 145. The third-order valence-electron chi connectivity index (χ3n) is 0.935. The number of rotatable bonds is 1. The van der Waals surface area contributed by atoms with E-state index in [4.69, 9.17) is 10.0 Å². The molecule has 0 aromatic heterocycles. The Kier molecular flexibility index (Phi) is 1.86. The Balaban J connectivity index is 2.46. The van der Waals surface area contributed by atoms with Crippen molar-refractivity contribution in [2.24, 2.45) is 4.99 Å². The zero-order chi connectivity index (χ0) is 6.69. The van der Waals surface area contributed by atoms with Crippen molar-refractivity contribution in [3.05, 3.63) is 12.3 Å². The van der Waals surface area contributed by atoms with Gasteiger partial charge in [0.05, 0.1) is 0 Å². The maximum atomic E-state index is 8.49. The average molecular weight is 127 g/mol. The molecule has 1 unspecified atom stereocenters. The lowest BCUT2D eigenvalue weighted by Crippen LogP contribution is -2.32. The number of ether oxygens (including phenoxy) is 1. The van der Waals surface area contributed by atoms with E-state index in [2.05, 4.69) is 9.73 Å². The predicted octanol–water partition coefficient (Wildman–Crippen LogP) is -1.06. The summed E-state index contributed by atoms with van der Waals surface area (Å²) < 4.78 is 4.66. The Labute approximate surface area is 52.6 Å². The summed E-state index contributed by atoms with van der Waals surface area (Å²) in [5.74, 6) is 0. The van der Waals surface area contributed by atoms with Gasteiger partial charge in [-0.1, -0.05) is 0 Å². The maximum absolute atomic E-state index is 8.49. The molecule has 0 amide bonds. The van der Waals surface area contributed by atoms with Crippen LogP contribution in [0.1, 0.15) is 0 Å². The lowest BCUT2D eigenvalue weighted by Gasteiger charge is -2.11. The highest BCUT2D eigenvalue weighted by molar-refractivity contribution is 6.43. The van der Waals surface area contributed by atoms with E-state index in [1.54, 1.807) is 0 Å². The second-order valence-electron chi connectivity index (χ2n) is 1.61. The van der Waals surface area contributed by atoms with Crippen LogP contribution in [0, 0.1) is 0 Å². The SMILES string of the molecule is OB(O)C1C=CN=CO1. The molecule has 1 aliphatic heterocycles. The summed E-state index contributed by atoms with van der Waals surface area (Å²) in [6, 6.07) is -0.664. The van der Waals surface area contributed by atoms with Crippen molar-refractivity contribution in [2.75, 3.05) is 0 Å². The standard InChI is InChI=1S/C4H6BNO3/c7-5(8)4-1-2-6-3-9-4/h1-4,7-8H. The number of aliphatic imine (C=N–C) groups is 1. The summed E-state index contributed by atoms with van der Waals surface area (Å²) in [4.78, 5) is 3.56. The second kappa shape index (κ2) is 2.66. The van der Waals surface area contributed by atoms with E-state index in [9.17, 15) is 0 Å². The van der Waals surface area contributed by atoms with Crippen molar-refractivity contribution < 1.29 is 14.8 Å². The second-order valence-corrected chi connectivity index (χ2v) is 1.61. The van der Waals surface area contributed by atoms with Crippen LogP contribution in [-0.2, 0) is 4.74 Å². The fraction of sp³-hybridized carbons (Fsp3) is 0.250. The number of hydrogen-bond donors (Lipinski definition) is 2. The summed E-state index contributed by atoms with van der Waals surface area (Å²) in [5, 5.41) is 17.0. The molecule has 0 saturated carbocycles. The molecule has 1 aliphatic rings. The van der Waals surface area contributed by atoms with Gasteiger partial charge in [-0.3, -0.25) is 0 Å². The molecule has 1 atom stereocenters. The van der Waals surface area contributed by atoms with Gasteiger partial charge >= 0.3 is 7.12 Å². The van der Waals surface area contributed by atoms with Crippen LogP contribution in [0.15, 0.2) is 17.3 Å². The van der Waals surface area contributed by atoms with Crippen LogP contribution in [0.3, 0.4) is 0 Å². The molecule has 5 heteroatoms. The van der Waals surface area contributed by atoms with Gasteiger partial charge in [-0.25, -0.2) is 4.99 Å². The summed E-state index contributed by atoms with van der Waals surface area (Å²) in [6.07, 6.45) is 4.09. The minimum Gasteiger partial charge on any atom is -0.478 e. The molecule has 9 heavy (non-hydrogen) atoms. The molecule has 1 rings (SSSR count). The highest BCUT2D eigenvalue weighted by Gasteiger charge is 2.22. The first-order valence-electron chi connectivity index (χ1n) is 2.50. The molecule has 0 spiro atoms. The predicted molar refractivity (Wildman–Crippen MR) is 32.7 cm³/mol. The normalized spacial score (nSPS) is 23.6. The van der Waals surface area contributed by atoms with Gasteiger partial charge < -0.3 is 14.8 Å². The summed E-state index contributed by atoms with van der Waals surface area (Å²) in [6.45, 7) is 0. The summed E-state index contributed by atoms with van der Waals surface area (Å²) >= 11 is 0. The van der Waals surface area contributed by atoms with Crippen molar-refractivity contribution in [3.8, 4) is 0 Å². The van der Waals surface area contributed by atoms with E-state index < -0.39 is 13.1 Å². The topological polar surface area (TPSA) is 62.0 Å². The van der Waals surface area contributed by atoms with E-state index in [-0.39, 0.29) is 0 Å². The van der Waals surface area contributed by atoms with E-state index in [1.165, 1.54) is 18.7 Å². The number of nitrogens with zero attached hydrogens (tertiary/aromatic N) is 1. The van der Waals surface area contributed by atoms with Crippen LogP contribution >= 0.6 is 0 Å². The minimum atomic E-state index is -1.46. The van der Waals surface area contributed by atoms with E-state index in [0.717, 1.165) is 0 Å². The minimum absolute atomic E-state index is 0.664. The van der Waals surface area contributed by atoms with Gasteiger partial charge in [0, 0.05) is 6.20 Å². The third-order valence-corrected chi connectivity index (χ3v) is 0.935. The molecule has 0 aromatic carbocycles. The molecule has 1 heterocycles. The van der Waals surface area contributed by atoms with Crippen molar-refractivity contribution in [2.45, 2.75) is 6.00 Å². The monoisotopic (exact) mass is 127 g/mol. The Morgan fingerprint density at radius 3 is 2.67 bits per heavy atom. The first kappa shape index (κ1) is 6.32. The smallest absolute Gasteiger partial charge is 0.478 e. The summed E-state index contributed by atoms with van der Waals surface area (Å²) in [5.41, 5.74) is 0. The van der Waals surface area contributed by atoms with Gasteiger partial charge in [0.1, 0.15) is 0 Å². The van der Waals surface area contributed by atoms with E-state index in [1.807, 2.05) is 0 Å². The van der Waals surface area contributed by atoms with E-state index in [0.29, 0.717) is 0 Å². The third kappa shape index (κ3) is 1.55. The molecule has 0 fully saturated rings. The molecule has 0 bridgehead atoms. The first-order valence-corrected chi connectivity index (χ1v) is 2.50. The van der Waals surface area contributed by atoms with Crippen molar-refractivity contribution in [1.82, 2.24) is 0 Å². The zero-order valence-electron chi connectivity index (χ0n) is 4.64. The fourth-order valence-corrected chi connectivity index (χ4v) is 0.490. The lowest BCUT2D eigenvalue weighted by molar-refractivity contribution is 0.252. The molecule has 0 saturated heterocycles. The van der Waals surface area contributed by atoms with Crippen LogP contribution in [0.2, 0.25) is 0 Å². The molecular formula is C4H6BNO3. The van der Waals surface area contributed by atoms with Crippen molar-refractivity contribution in [3.63, 3.8) is 0 Å². The summed E-state index contributed by atoms with van der Waals surface area (Å²) in [7, 11) is -1.46. The lowest BCUT2D eigenvalue weighted by atomic mass is 9.82. The van der Waals surface area contributed by atoms with E-state index >= 15 is 0 Å².